The molecule has 0 aliphatic heterocycles. The Morgan fingerprint density at radius 1 is 1.46 bits per heavy atom. The molecular weight excluding hydrogens is 198 g/mol. The first-order chi connectivity index (χ1) is 5.98. The lowest BCUT2D eigenvalue weighted by Crippen LogP contribution is -2.29. The van der Waals surface area contributed by atoms with Crippen LogP contribution in [0.2, 0.25) is 0 Å². The van der Waals surface area contributed by atoms with Gasteiger partial charge in [-0.15, -0.1) is 0 Å². The molecule has 13 heavy (non-hydrogen) atoms. The van der Waals surface area contributed by atoms with Gasteiger partial charge in [0.2, 0.25) is 0 Å². The minimum atomic E-state index is -3.19. The summed E-state index contributed by atoms with van der Waals surface area (Å²) in [4.78, 5) is 9.97. The highest BCUT2D eigenvalue weighted by atomic mass is 32.2. The van der Waals surface area contributed by atoms with Crippen molar-refractivity contribution in [2.45, 2.75) is 0 Å². The second kappa shape index (κ2) is 5.76. The fourth-order valence-corrected chi connectivity index (χ4v) is 1.66. The predicted molar refractivity (Wildman–Crippen MR) is 46.6 cm³/mol. The Hall–Kier alpha value is -0.820. The summed E-state index contributed by atoms with van der Waals surface area (Å²) in [5, 5.41) is 10.1. The first-order valence-electron chi connectivity index (χ1n) is 3.64. The summed E-state index contributed by atoms with van der Waals surface area (Å²) in [7, 11) is -1.78. The van der Waals surface area contributed by atoms with Gasteiger partial charge in [-0.1, -0.05) is 0 Å². The molecule has 0 radical (unpaired) electrons. The van der Waals surface area contributed by atoms with E-state index in [0.29, 0.717) is 0 Å². The molecule has 0 aliphatic carbocycles. The summed E-state index contributed by atoms with van der Waals surface area (Å²) in [5.41, 5.74) is 0. The van der Waals surface area contributed by atoms with Crippen molar-refractivity contribution in [2.75, 3.05) is 31.8 Å². The molecule has 0 aliphatic rings. The summed E-state index contributed by atoms with van der Waals surface area (Å²) in [6, 6.07) is 0. The molecule has 0 heterocycles. The van der Waals surface area contributed by atoms with Crippen LogP contribution in [0.1, 0.15) is 0 Å². The molecule has 78 valence electrons. The van der Waals surface area contributed by atoms with E-state index < -0.39 is 15.9 Å². The number of rotatable bonds is 6. The molecule has 0 bridgehead atoms. The van der Waals surface area contributed by atoms with Crippen LogP contribution in [0, 0.1) is 0 Å². The number of sulfone groups is 1. The summed E-state index contributed by atoms with van der Waals surface area (Å²) < 4.78 is 26.7. The first kappa shape index (κ1) is 12.2. The maximum atomic E-state index is 11.1. The van der Waals surface area contributed by atoms with Gasteiger partial charge in [-0.3, -0.25) is 0 Å². The van der Waals surface area contributed by atoms with Crippen LogP contribution in [0.4, 0.5) is 4.79 Å². The molecule has 0 unspecified atom stereocenters. The zero-order valence-corrected chi connectivity index (χ0v) is 8.13. The van der Waals surface area contributed by atoms with E-state index in [4.69, 9.17) is 5.11 Å². The number of amides is 1. The van der Waals surface area contributed by atoms with Crippen molar-refractivity contribution in [2.24, 2.45) is 0 Å². The number of nitrogens with one attached hydrogen (secondary N) is 1. The molecule has 0 spiro atoms. The Bertz CT molecular complexity index is 248. The van der Waals surface area contributed by atoms with Crippen LogP contribution < -0.4 is 5.32 Å². The van der Waals surface area contributed by atoms with Gasteiger partial charge in [0.25, 0.3) is 0 Å². The van der Waals surface area contributed by atoms with Crippen molar-refractivity contribution < 1.29 is 23.1 Å². The normalized spacial score (nSPS) is 11.2. The average Bonchev–Trinajstić information content (AvgIpc) is 2.00. The molecular formula is C6H13NO5S. The lowest BCUT2D eigenvalue weighted by atomic mass is 10.7. The molecule has 0 saturated heterocycles. The monoisotopic (exact) mass is 211 g/mol. The van der Waals surface area contributed by atoms with Gasteiger partial charge in [-0.05, 0) is 0 Å². The van der Waals surface area contributed by atoms with Crippen molar-refractivity contribution in [3.8, 4) is 0 Å². The Morgan fingerprint density at radius 2 is 2.08 bits per heavy atom. The van der Waals surface area contributed by atoms with Crippen LogP contribution in [-0.2, 0) is 14.6 Å². The third-order valence-electron chi connectivity index (χ3n) is 1.29. The standard InChI is InChI=1S/C6H13NO5S/c1-12-3-5-13(10,11)4-2-7-6(8)9/h7H,2-5H2,1H3,(H,8,9). The van der Waals surface area contributed by atoms with E-state index in [0.717, 1.165) is 0 Å². The summed E-state index contributed by atoms with van der Waals surface area (Å²) >= 11 is 0. The smallest absolute Gasteiger partial charge is 0.404 e. The highest BCUT2D eigenvalue weighted by Gasteiger charge is 2.10. The lowest BCUT2D eigenvalue weighted by molar-refractivity contribution is 0.195. The second-order valence-electron chi connectivity index (χ2n) is 2.38. The van der Waals surface area contributed by atoms with E-state index in [9.17, 15) is 13.2 Å². The molecule has 0 aromatic rings. The van der Waals surface area contributed by atoms with Crippen molar-refractivity contribution in [1.29, 1.82) is 0 Å². The predicted octanol–water partition coefficient (Wildman–Crippen LogP) is -0.685. The fourth-order valence-electron chi connectivity index (χ4n) is 0.626. The molecule has 0 fully saturated rings. The van der Waals surface area contributed by atoms with Crippen molar-refractivity contribution in [1.82, 2.24) is 5.32 Å². The Kier molecular flexibility index (Phi) is 5.40. The van der Waals surface area contributed by atoms with Crippen LogP contribution in [0.25, 0.3) is 0 Å². The lowest BCUT2D eigenvalue weighted by Gasteiger charge is -2.02. The molecule has 0 saturated carbocycles. The minimum absolute atomic E-state index is 0.0786. The fraction of sp³-hybridized carbons (Fsp3) is 0.833. The van der Waals surface area contributed by atoms with E-state index in [2.05, 4.69) is 4.74 Å². The third kappa shape index (κ3) is 7.54. The Labute approximate surface area is 76.8 Å². The molecule has 0 rings (SSSR count). The van der Waals surface area contributed by atoms with E-state index in [1.807, 2.05) is 5.32 Å². The second-order valence-corrected chi connectivity index (χ2v) is 4.68. The molecule has 6 nitrogen and oxygen atoms in total. The van der Waals surface area contributed by atoms with Crippen LogP contribution in [0.5, 0.6) is 0 Å². The van der Waals surface area contributed by atoms with E-state index in [1.54, 1.807) is 0 Å². The quantitative estimate of drug-likeness (QED) is 0.607. The van der Waals surface area contributed by atoms with E-state index in [-0.39, 0.29) is 24.7 Å². The molecule has 2 N–H and O–H groups in total. The van der Waals surface area contributed by atoms with Crippen LogP contribution >= 0.6 is 0 Å². The number of carboxylic acid groups (broad SMARTS) is 1. The van der Waals surface area contributed by atoms with Gasteiger partial charge >= 0.3 is 6.09 Å². The van der Waals surface area contributed by atoms with Gasteiger partial charge in [-0.2, -0.15) is 0 Å². The van der Waals surface area contributed by atoms with Crippen molar-refractivity contribution in [3.63, 3.8) is 0 Å². The van der Waals surface area contributed by atoms with Crippen LogP contribution in [0.15, 0.2) is 0 Å². The van der Waals surface area contributed by atoms with E-state index in [1.165, 1.54) is 7.11 Å². The minimum Gasteiger partial charge on any atom is -0.465 e. The van der Waals surface area contributed by atoms with E-state index >= 15 is 0 Å². The zero-order valence-electron chi connectivity index (χ0n) is 7.32. The zero-order chi connectivity index (χ0) is 10.3. The Balaban J connectivity index is 3.70. The summed E-state index contributed by atoms with van der Waals surface area (Å²) in [6.07, 6.45) is -1.22. The average molecular weight is 211 g/mol. The van der Waals surface area contributed by atoms with Gasteiger partial charge in [-0.25, -0.2) is 13.2 Å². The SMILES string of the molecule is COCCS(=O)(=O)CCNC(=O)O. The maximum absolute atomic E-state index is 11.1. The summed E-state index contributed by atoms with van der Waals surface area (Å²) in [6.45, 7) is 0.0524. The van der Waals surface area contributed by atoms with Crippen molar-refractivity contribution in [3.05, 3.63) is 0 Å². The summed E-state index contributed by atoms with van der Waals surface area (Å²) in [5.74, 6) is -0.270. The number of methoxy groups -OCH3 is 1. The van der Waals surface area contributed by atoms with Crippen LogP contribution in [0.3, 0.4) is 0 Å². The highest BCUT2D eigenvalue weighted by molar-refractivity contribution is 7.91. The number of hydrogen-bond acceptors (Lipinski definition) is 4. The van der Waals surface area contributed by atoms with Gasteiger partial charge in [0.05, 0.1) is 18.1 Å². The van der Waals surface area contributed by atoms with Crippen molar-refractivity contribution >= 4 is 15.9 Å². The molecule has 0 atom stereocenters. The van der Waals surface area contributed by atoms with Crippen LogP contribution in [-0.4, -0.2) is 51.4 Å². The highest BCUT2D eigenvalue weighted by Crippen LogP contribution is 1.88. The maximum Gasteiger partial charge on any atom is 0.404 e. The van der Waals surface area contributed by atoms with Gasteiger partial charge in [0.15, 0.2) is 9.84 Å². The third-order valence-corrected chi connectivity index (χ3v) is 2.90. The number of carbonyl (C=O) groups is 1. The molecule has 1 amide bonds. The largest absolute Gasteiger partial charge is 0.465 e. The molecule has 7 heteroatoms. The van der Waals surface area contributed by atoms with Gasteiger partial charge in [0, 0.05) is 13.7 Å². The number of hydrogen-bond donors (Lipinski definition) is 2. The Morgan fingerprint density at radius 3 is 2.54 bits per heavy atom. The topological polar surface area (TPSA) is 92.7 Å². The number of ether oxygens (including phenoxy) is 1. The molecule has 0 aromatic heterocycles. The van der Waals surface area contributed by atoms with Gasteiger partial charge in [0.1, 0.15) is 0 Å². The first-order valence-corrected chi connectivity index (χ1v) is 5.46. The molecule has 0 aromatic carbocycles. The van der Waals surface area contributed by atoms with Gasteiger partial charge < -0.3 is 15.2 Å².